The summed E-state index contributed by atoms with van der Waals surface area (Å²) in [4.78, 5) is 13.5. The van der Waals surface area contributed by atoms with Crippen LogP contribution in [-0.4, -0.2) is 43.8 Å². The Morgan fingerprint density at radius 3 is 2.50 bits per heavy atom. The van der Waals surface area contributed by atoms with E-state index in [1.807, 2.05) is 38.1 Å². The molecule has 0 aliphatic rings. The van der Waals surface area contributed by atoms with Gasteiger partial charge in [-0.3, -0.25) is 4.79 Å². The summed E-state index contributed by atoms with van der Waals surface area (Å²) in [6.45, 7) is 3.29. The minimum absolute atomic E-state index is 0.0648. The molecule has 3 N–H and O–H groups in total. The quantitative estimate of drug-likeness (QED) is 0.724. The van der Waals surface area contributed by atoms with Crippen LogP contribution in [0.5, 0.6) is 0 Å². The van der Waals surface area contributed by atoms with E-state index in [0.717, 1.165) is 5.56 Å². The van der Waals surface area contributed by atoms with Gasteiger partial charge in [-0.25, -0.2) is 0 Å². The van der Waals surface area contributed by atoms with Crippen molar-refractivity contribution in [2.75, 3.05) is 6.61 Å². The molecule has 1 amide bonds. The highest BCUT2D eigenvalue weighted by atomic mass is 16.3. The minimum atomic E-state index is -0.455. The summed E-state index contributed by atoms with van der Waals surface area (Å²) in [5.74, 6) is -0.455. The lowest BCUT2D eigenvalue weighted by Gasteiger charge is -2.12. The molecule has 0 aliphatic carbocycles. The molecule has 0 unspecified atom stereocenters. The van der Waals surface area contributed by atoms with Crippen LogP contribution in [0.15, 0.2) is 24.3 Å². The topological polar surface area (TPSA) is 100 Å². The maximum absolute atomic E-state index is 12.2. The number of aliphatic hydroxyl groups excluding tert-OH is 2. The van der Waals surface area contributed by atoms with Crippen molar-refractivity contribution in [3.63, 3.8) is 0 Å². The average molecular weight is 304 g/mol. The molecule has 2 rings (SSSR count). The molecule has 2 aromatic rings. The van der Waals surface area contributed by atoms with Crippen molar-refractivity contribution in [1.29, 1.82) is 0 Å². The second-order valence-electron chi connectivity index (χ2n) is 5.04. The monoisotopic (exact) mass is 304 g/mol. The Hall–Kier alpha value is -2.25. The first-order chi connectivity index (χ1) is 10.6. The second kappa shape index (κ2) is 7.15. The van der Waals surface area contributed by atoms with E-state index in [1.165, 1.54) is 4.80 Å². The van der Waals surface area contributed by atoms with Gasteiger partial charge in [0, 0.05) is 0 Å². The normalized spacial score (nSPS) is 12.2. The van der Waals surface area contributed by atoms with Crippen molar-refractivity contribution < 1.29 is 15.0 Å². The molecule has 118 valence electrons. The van der Waals surface area contributed by atoms with Crippen molar-refractivity contribution in [3.05, 3.63) is 41.2 Å². The molecule has 0 fully saturated rings. The van der Waals surface area contributed by atoms with E-state index in [2.05, 4.69) is 15.5 Å². The van der Waals surface area contributed by atoms with Gasteiger partial charge in [-0.05, 0) is 25.5 Å². The molecule has 1 atom stereocenters. The molecule has 0 bridgehead atoms. The number of carbonyl (C=O) groups is 1. The molecule has 1 heterocycles. The molecule has 0 aliphatic heterocycles. The number of hydrogen-bond donors (Lipinski definition) is 3. The summed E-state index contributed by atoms with van der Waals surface area (Å²) in [6, 6.07) is 7.15. The maximum atomic E-state index is 12.2. The lowest BCUT2D eigenvalue weighted by Crippen LogP contribution is -2.37. The molecule has 22 heavy (non-hydrogen) atoms. The van der Waals surface area contributed by atoms with E-state index in [-0.39, 0.29) is 30.6 Å². The molecule has 0 spiro atoms. The molecular weight excluding hydrogens is 284 g/mol. The molecule has 7 heteroatoms. The minimum Gasteiger partial charge on any atom is -0.394 e. The molecule has 0 radical (unpaired) electrons. The number of nitrogens with zero attached hydrogens (tertiary/aromatic N) is 3. The predicted molar refractivity (Wildman–Crippen MR) is 80.6 cm³/mol. The van der Waals surface area contributed by atoms with Crippen molar-refractivity contribution >= 4 is 5.91 Å². The first-order valence-corrected chi connectivity index (χ1v) is 7.14. The molecular formula is C15H20N4O3. The number of hydrogen-bond acceptors (Lipinski definition) is 5. The molecule has 7 nitrogen and oxygen atoms in total. The zero-order valence-corrected chi connectivity index (χ0v) is 12.7. The third-order valence-electron chi connectivity index (χ3n) is 3.36. The maximum Gasteiger partial charge on any atom is 0.274 e. The summed E-state index contributed by atoms with van der Waals surface area (Å²) in [7, 11) is 0. The van der Waals surface area contributed by atoms with Crippen LogP contribution >= 0.6 is 0 Å². The molecule has 0 saturated heterocycles. The van der Waals surface area contributed by atoms with Gasteiger partial charge in [0.1, 0.15) is 5.69 Å². The summed E-state index contributed by atoms with van der Waals surface area (Å²) < 4.78 is 0. The number of rotatable bonds is 6. The van der Waals surface area contributed by atoms with Crippen LogP contribution in [0.2, 0.25) is 0 Å². The van der Waals surface area contributed by atoms with Crippen molar-refractivity contribution in [2.24, 2.45) is 0 Å². The van der Waals surface area contributed by atoms with Gasteiger partial charge in [0.25, 0.3) is 5.91 Å². The van der Waals surface area contributed by atoms with Gasteiger partial charge < -0.3 is 15.5 Å². The molecule has 1 aromatic carbocycles. The zero-order valence-electron chi connectivity index (χ0n) is 12.7. The zero-order chi connectivity index (χ0) is 16.1. The van der Waals surface area contributed by atoms with Crippen LogP contribution < -0.4 is 5.32 Å². The summed E-state index contributed by atoms with van der Waals surface area (Å²) in [5, 5.41) is 29.5. The standard InChI is InChI=1S/C15H20N4O3/c1-3-11(8-20)16-15(22)14-13(9-21)17-19(18-14)12-6-4-10(2)5-7-12/h4-7,11,20-21H,3,8-9H2,1-2H3,(H,16,22)/t11-/m1/s1. The fourth-order valence-corrected chi connectivity index (χ4v) is 1.94. The van der Waals surface area contributed by atoms with Crippen LogP contribution in [-0.2, 0) is 6.61 Å². The Morgan fingerprint density at radius 1 is 1.27 bits per heavy atom. The van der Waals surface area contributed by atoms with Gasteiger partial charge in [0.05, 0.1) is 24.9 Å². The lowest BCUT2D eigenvalue weighted by molar-refractivity contribution is 0.0906. The van der Waals surface area contributed by atoms with Gasteiger partial charge >= 0.3 is 0 Å². The highest BCUT2D eigenvalue weighted by Crippen LogP contribution is 2.11. The highest BCUT2D eigenvalue weighted by molar-refractivity contribution is 5.93. The molecule has 0 saturated carbocycles. The number of amides is 1. The van der Waals surface area contributed by atoms with Crippen molar-refractivity contribution in [2.45, 2.75) is 32.9 Å². The van der Waals surface area contributed by atoms with Crippen molar-refractivity contribution in [1.82, 2.24) is 20.3 Å². The number of carbonyl (C=O) groups excluding carboxylic acids is 1. The number of aryl methyl sites for hydroxylation is 1. The average Bonchev–Trinajstić information content (AvgIpc) is 2.97. The van der Waals surface area contributed by atoms with Crippen LogP contribution in [0, 0.1) is 6.92 Å². The first-order valence-electron chi connectivity index (χ1n) is 7.14. The number of aromatic nitrogens is 3. The Bertz CT molecular complexity index is 633. The van der Waals surface area contributed by atoms with E-state index >= 15 is 0 Å². The molecule has 1 aromatic heterocycles. The van der Waals surface area contributed by atoms with Gasteiger partial charge in [-0.1, -0.05) is 24.6 Å². The van der Waals surface area contributed by atoms with Crippen molar-refractivity contribution in [3.8, 4) is 5.69 Å². The first kappa shape index (κ1) is 16.1. The fourth-order valence-electron chi connectivity index (χ4n) is 1.94. The third-order valence-corrected chi connectivity index (χ3v) is 3.36. The summed E-state index contributed by atoms with van der Waals surface area (Å²) in [6.07, 6.45) is 0.600. The van der Waals surface area contributed by atoms with Gasteiger partial charge in [-0.2, -0.15) is 4.80 Å². The van der Waals surface area contributed by atoms with Crippen LogP contribution in [0.25, 0.3) is 5.69 Å². The van der Waals surface area contributed by atoms with E-state index in [1.54, 1.807) is 0 Å². The van der Waals surface area contributed by atoms with Gasteiger partial charge in [0.2, 0.25) is 0 Å². The smallest absolute Gasteiger partial charge is 0.274 e. The SMILES string of the molecule is CC[C@H](CO)NC(=O)c1nn(-c2ccc(C)cc2)nc1CO. The number of aliphatic hydroxyl groups is 2. The van der Waals surface area contributed by atoms with Crippen LogP contribution in [0.3, 0.4) is 0 Å². The summed E-state index contributed by atoms with van der Waals surface area (Å²) >= 11 is 0. The Kier molecular flexibility index (Phi) is 5.24. The van der Waals surface area contributed by atoms with Crippen LogP contribution in [0.1, 0.15) is 35.1 Å². The Balaban J connectivity index is 2.28. The largest absolute Gasteiger partial charge is 0.394 e. The second-order valence-corrected chi connectivity index (χ2v) is 5.04. The number of benzene rings is 1. The van der Waals surface area contributed by atoms with E-state index in [4.69, 9.17) is 5.11 Å². The van der Waals surface area contributed by atoms with Gasteiger partial charge in [0.15, 0.2) is 5.69 Å². The Labute approximate surface area is 128 Å². The number of nitrogens with one attached hydrogen (secondary N) is 1. The third kappa shape index (κ3) is 3.49. The predicted octanol–water partition coefficient (Wildman–Crippen LogP) is 0.569. The van der Waals surface area contributed by atoms with Crippen LogP contribution in [0.4, 0.5) is 0 Å². The van der Waals surface area contributed by atoms with E-state index < -0.39 is 5.91 Å². The highest BCUT2D eigenvalue weighted by Gasteiger charge is 2.20. The van der Waals surface area contributed by atoms with Gasteiger partial charge in [-0.15, -0.1) is 10.2 Å². The lowest BCUT2D eigenvalue weighted by atomic mass is 10.2. The summed E-state index contributed by atoms with van der Waals surface area (Å²) in [5.41, 5.74) is 2.07. The van der Waals surface area contributed by atoms with E-state index in [0.29, 0.717) is 12.1 Å². The fraction of sp³-hybridized carbons (Fsp3) is 0.400. The Morgan fingerprint density at radius 2 is 1.95 bits per heavy atom. The van der Waals surface area contributed by atoms with E-state index in [9.17, 15) is 9.90 Å².